The highest BCUT2D eigenvalue weighted by Gasteiger charge is 2.42. The topological polar surface area (TPSA) is 41.3 Å². The Bertz CT molecular complexity index is 1290. The molecule has 0 unspecified atom stereocenters. The van der Waals surface area contributed by atoms with Gasteiger partial charge in [-0.3, -0.25) is 4.98 Å². The number of aromatic nitrogens is 1. The molecule has 5 rings (SSSR count). The van der Waals surface area contributed by atoms with Crippen LogP contribution in [-0.2, 0) is 0 Å². The SMILES string of the molecule is Cc1cccc(N2C(=S)N[C@@H](c3ccccn3)[C@@H]2c2ccc(-c3cccc(Cl)c3C)o2)c1. The van der Waals surface area contributed by atoms with Gasteiger partial charge in [0.2, 0.25) is 0 Å². The number of benzene rings is 2. The summed E-state index contributed by atoms with van der Waals surface area (Å²) in [4.78, 5) is 6.72. The lowest BCUT2D eigenvalue weighted by Gasteiger charge is -2.26. The maximum atomic E-state index is 6.44. The number of nitrogens with zero attached hydrogens (tertiary/aromatic N) is 2. The molecular weight excluding hydrogens is 438 g/mol. The van der Waals surface area contributed by atoms with Gasteiger partial charge in [0.25, 0.3) is 0 Å². The summed E-state index contributed by atoms with van der Waals surface area (Å²) in [5, 5.41) is 4.84. The molecule has 0 bridgehead atoms. The zero-order valence-corrected chi connectivity index (χ0v) is 19.3. The molecule has 2 aromatic carbocycles. The molecule has 0 saturated carbocycles. The number of rotatable bonds is 4. The van der Waals surface area contributed by atoms with Crippen molar-refractivity contribution in [3.05, 3.63) is 107 Å². The van der Waals surface area contributed by atoms with E-state index in [1.165, 1.54) is 5.56 Å². The number of anilines is 1. The van der Waals surface area contributed by atoms with Crippen molar-refractivity contribution < 1.29 is 4.42 Å². The van der Waals surface area contributed by atoms with Crippen molar-refractivity contribution in [1.29, 1.82) is 0 Å². The van der Waals surface area contributed by atoms with Gasteiger partial charge >= 0.3 is 0 Å². The van der Waals surface area contributed by atoms with Crippen molar-refractivity contribution in [1.82, 2.24) is 10.3 Å². The average molecular weight is 460 g/mol. The van der Waals surface area contributed by atoms with E-state index in [0.29, 0.717) is 5.11 Å². The van der Waals surface area contributed by atoms with Crippen LogP contribution in [-0.4, -0.2) is 10.1 Å². The van der Waals surface area contributed by atoms with Gasteiger partial charge < -0.3 is 14.6 Å². The van der Waals surface area contributed by atoms with E-state index in [9.17, 15) is 0 Å². The molecule has 32 heavy (non-hydrogen) atoms. The molecule has 1 fully saturated rings. The van der Waals surface area contributed by atoms with Crippen LogP contribution in [0.15, 0.2) is 83.4 Å². The maximum Gasteiger partial charge on any atom is 0.174 e. The molecule has 1 aliphatic heterocycles. The first-order valence-corrected chi connectivity index (χ1v) is 11.2. The van der Waals surface area contributed by atoms with Gasteiger partial charge in [-0.1, -0.05) is 41.9 Å². The predicted molar refractivity (Wildman–Crippen MR) is 133 cm³/mol. The fraction of sp³-hybridized carbons (Fsp3) is 0.154. The van der Waals surface area contributed by atoms with E-state index in [2.05, 4.69) is 40.3 Å². The summed E-state index contributed by atoms with van der Waals surface area (Å²) in [5.41, 5.74) is 5.07. The lowest BCUT2D eigenvalue weighted by molar-refractivity contribution is 0.439. The van der Waals surface area contributed by atoms with Crippen LogP contribution < -0.4 is 10.2 Å². The first kappa shape index (κ1) is 20.7. The van der Waals surface area contributed by atoms with E-state index >= 15 is 0 Å². The molecule has 3 heterocycles. The van der Waals surface area contributed by atoms with Crippen molar-refractivity contribution in [2.45, 2.75) is 25.9 Å². The highest BCUT2D eigenvalue weighted by molar-refractivity contribution is 7.80. The lowest BCUT2D eigenvalue weighted by atomic mass is 10.0. The quantitative estimate of drug-likeness (QED) is 0.340. The van der Waals surface area contributed by atoms with E-state index in [0.717, 1.165) is 39.1 Å². The second kappa shape index (κ2) is 8.41. The number of nitrogens with one attached hydrogen (secondary N) is 1. The zero-order valence-electron chi connectivity index (χ0n) is 17.7. The van der Waals surface area contributed by atoms with Crippen molar-refractivity contribution in [2.24, 2.45) is 0 Å². The molecular formula is C26H22ClN3OS. The van der Waals surface area contributed by atoms with Crippen molar-refractivity contribution >= 4 is 34.6 Å². The molecule has 0 amide bonds. The van der Waals surface area contributed by atoms with Crippen molar-refractivity contribution in [2.75, 3.05) is 4.90 Å². The average Bonchev–Trinajstić information content (AvgIpc) is 3.41. The molecule has 0 spiro atoms. The van der Waals surface area contributed by atoms with Gasteiger partial charge in [0.05, 0.1) is 11.7 Å². The number of halogens is 1. The molecule has 0 aliphatic carbocycles. The van der Waals surface area contributed by atoms with Gasteiger partial charge in [-0.15, -0.1) is 0 Å². The van der Waals surface area contributed by atoms with Gasteiger partial charge in [0.1, 0.15) is 17.6 Å². The fourth-order valence-corrected chi connectivity index (χ4v) is 4.75. The third kappa shape index (κ3) is 3.68. The van der Waals surface area contributed by atoms with Crippen LogP contribution in [0.3, 0.4) is 0 Å². The standard InChI is InChI=1S/C26H22ClN3OS/c1-16-7-5-8-18(15-16)30-25(24(29-26(30)32)21-11-3-4-14-28-21)23-13-12-22(31-23)19-9-6-10-20(27)17(19)2/h3-15,24-25H,1-2H3,(H,29,32)/t24-,25-/m0/s1. The Morgan fingerprint density at radius 2 is 1.84 bits per heavy atom. The number of aryl methyl sites for hydroxylation is 1. The van der Waals surface area contributed by atoms with E-state index in [4.69, 9.17) is 28.2 Å². The summed E-state index contributed by atoms with van der Waals surface area (Å²) in [6.45, 7) is 4.08. The number of furan rings is 1. The van der Waals surface area contributed by atoms with E-state index < -0.39 is 0 Å². The van der Waals surface area contributed by atoms with Crippen molar-refractivity contribution in [3.8, 4) is 11.3 Å². The summed E-state index contributed by atoms with van der Waals surface area (Å²) in [6, 6.07) is 23.8. The molecule has 4 aromatic rings. The third-order valence-corrected chi connectivity index (χ3v) is 6.55. The summed E-state index contributed by atoms with van der Waals surface area (Å²) >= 11 is 12.1. The molecule has 4 nitrogen and oxygen atoms in total. The van der Waals surface area contributed by atoms with Gasteiger partial charge in [0, 0.05) is 22.5 Å². The Labute approximate surface area is 197 Å². The van der Waals surface area contributed by atoms with Crippen LogP contribution in [0, 0.1) is 13.8 Å². The molecule has 1 N–H and O–H groups in total. The van der Waals surface area contributed by atoms with Gasteiger partial charge in [-0.05, 0) is 79.7 Å². The van der Waals surface area contributed by atoms with Crippen LogP contribution in [0.5, 0.6) is 0 Å². The summed E-state index contributed by atoms with van der Waals surface area (Å²) in [6.07, 6.45) is 1.80. The van der Waals surface area contributed by atoms with Crippen LogP contribution in [0.1, 0.15) is 34.7 Å². The minimum atomic E-state index is -0.188. The fourth-order valence-electron chi connectivity index (χ4n) is 4.23. The van der Waals surface area contributed by atoms with Crippen LogP contribution in [0.4, 0.5) is 5.69 Å². The molecule has 160 valence electrons. The molecule has 2 aromatic heterocycles. The van der Waals surface area contributed by atoms with Crippen LogP contribution in [0.25, 0.3) is 11.3 Å². The summed E-state index contributed by atoms with van der Waals surface area (Å²) in [7, 11) is 0. The second-order valence-corrected chi connectivity index (χ2v) is 8.74. The first-order valence-electron chi connectivity index (χ1n) is 10.5. The van der Waals surface area contributed by atoms with Gasteiger partial charge in [-0.2, -0.15) is 0 Å². The maximum absolute atomic E-state index is 6.44. The number of hydrogen-bond acceptors (Lipinski definition) is 3. The van der Waals surface area contributed by atoms with Gasteiger partial charge in [0.15, 0.2) is 5.11 Å². The van der Waals surface area contributed by atoms with Crippen LogP contribution in [0.2, 0.25) is 5.02 Å². The molecule has 2 atom stereocenters. The highest BCUT2D eigenvalue weighted by Crippen LogP contribution is 2.43. The molecule has 1 aliphatic rings. The Balaban J connectivity index is 1.62. The largest absolute Gasteiger partial charge is 0.459 e. The predicted octanol–water partition coefficient (Wildman–Crippen LogP) is 6.79. The summed E-state index contributed by atoms with van der Waals surface area (Å²) < 4.78 is 6.44. The lowest BCUT2D eigenvalue weighted by Crippen LogP contribution is -2.29. The van der Waals surface area contributed by atoms with Crippen molar-refractivity contribution in [3.63, 3.8) is 0 Å². The van der Waals surface area contributed by atoms with E-state index in [-0.39, 0.29) is 12.1 Å². The minimum Gasteiger partial charge on any atom is -0.459 e. The highest BCUT2D eigenvalue weighted by atomic mass is 35.5. The number of thiocarbonyl (C=S) groups is 1. The Morgan fingerprint density at radius 1 is 1.00 bits per heavy atom. The monoisotopic (exact) mass is 459 g/mol. The molecule has 1 saturated heterocycles. The molecule has 0 radical (unpaired) electrons. The Hall–Kier alpha value is -3.15. The summed E-state index contributed by atoms with van der Waals surface area (Å²) in [5.74, 6) is 1.59. The number of hydrogen-bond donors (Lipinski definition) is 1. The molecule has 6 heteroatoms. The Morgan fingerprint density at radius 3 is 2.62 bits per heavy atom. The first-order chi connectivity index (χ1) is 15.5. The minimum absolute atomic E-state index is 0.149. The Kier molecular flexibility index (Phi) is 5.45. The van der Waals surface area contributed by atoms with Crippen LogP contribution >= 0.6 is 23.8 Å². The third-order valence-electron chi connectivity index (χ3n) is 5.83. The normalized spacial score (nSPS) is 18.1. The smallest absolute Gasteiger partial charge is 0.174 e. The second-order valence-electron chi connectivity index (χ2n) is 7.95. The van der Waals surface area contributed by atoms with E-state index in [1.807, 2.05) is 61.5 Å². The van der Waals surface area contributed by atoms with E-state index in [1.54, 1.807) is 6.20 Å². The zero-order chi connectivity index (χ0) is 22.2. The van der Waals surface area contributed by atoms with Gasteiger partial charge in [-0.25, -0.2) is 0 Å². The number of pyridine rings is 1.